The SMILES string of the molecule is CC(O)CC(C)(C)O.CCC(CO)CC(CC)CO. The molecule has 0 spiro atoms. The summed E-state index contributed by atoms with van der Waals surface area (Å²) in [6, 6.07) is 0. The number of hydrogen-bond donors (Lipinski definition) is 4. The molecule has 118 valence electrons. The van der Waals surface area contributed by atoms with Crippen LogP contribution in [0.1, 0.15) is 60.3 Å². The van der Waals surface area contributed by atoms with Crippen LogP contribution in [0.3, 0.4) is 0 Å². The van der Waals surface area contributed by atoms with Crippen molar-refractivity contribution in [2.24, 2.45) is 11.8 Å². The Labute approximate surface area is 118 Å². The predicted molar refractivity (Wildman–Crippen MR) is 78.9 cm³/mol. The molecule has 0 heterocycles. The molecule has 0 aromatic heterocycles. The Morgan fingerprint density at radius 3 is 1.42 bits per heavy atom. The molecule has 0 rings (SSSR count). The summed E-state index contributed by atoms with van der Waals surface area (Å²) in [6.45, 7) is 9.69. The third-order valence-corrected chi connectivity index (χ3v) is 3.13. The van der Waals surface area contributed by atoms with Crippen molar-refractivity contribution in [3.05, 3.63) is 0 Å². The number of aliphatic hydroxyl groups is 4. The maximum atomic E-state index is 9.03. The van der Waals surface area contributed by atoms with Gasteiger partial charge in [0.05, 0.1) is 11.7 Å². The van der Waals surface area contributed by atoms with Crippen LogP contribution in [0.25, 0.3) is 0 Å². The summed E-state index contributed by atoms with van der Waals surface area (Å²) >= 11 is 0. The van der Waals surface area contributed by atoms with E-state index in [0.717, 1.165) is 19.3 Å². The van der Waals surface area contributed by atoms with E-state index >= 15 is 0 Å². The molecule has 0 radical (unpaired) electrons. The minimum absolute atomic E-state index is 0.257. The summed E-state index contributed by atoms with van der Waals surface area (Å²) < 4.78 is 0. The fraction of sp³-hybridized carbons (Fsp3) is 1.00. The number of aliphatic hydroxyl groups excluding tert-OH is 3. The zero-order chi connectivity index (χ0) is 15.5. The molecule has 3 atom stereocenters. The first-order valence-electron chi connectivity index (χ1n) is 7.32. The highest BCUT2D eigenvalue weighted by Gasteiger charge is 2.14. The van der Waals surface area contributed by atoms with E-state index in [1.54, 1.807) is 20.8 Å². The molecule has 4 nitrogen and oxygen atoms in total. The summed E-state index contributed by atoms with van der Waals surface area (Å²) in [5, 5.41) is 35.5. The lowest BCUT2D eigenvalue weighted by Gasteiger charge is -2.17. The van der Waals surface area contributed by atoms with Crippen LogP contribution in [0.4, 0.5) is 0 Å². The Kier molecular flexibility index (Phi) is 13.0. The predicted octanol–water partition coefficient (Wildman–Crippen LogP) is 1.94. The summed E-state index contributed by atoms with van der Waals surface area (Å²) in [5.74, 6) is 0.763. The van der Waals surface area contributed by atoms with Crippen molar-refractivity contribution in [3.8, 4) is 0 Å². The highest BCUT2D eigenvalue weighted by Crippen LogP contribution is 2.17. The van der Waals surface area contributed by atoms with Crippen molar-refractivity contribution in [2.75, 3.05) is 13.2 Å². The monoisotopic (exact) mass is 278 g/mol. The molecule has 0 bridgehead atoms. The van der Waals surface area contributed by atoms with Crippen LogP contribution in [0.2, 0.25) is 0 Å². The van der Waals surface area contributed by atoms with E-state index in [4.69, 9.17) is 20.4 Å². The van der Waals surface area contributed by atoms with Crippen molar-refractivity contribution in [1.29, 1.82) is 0 Å². The van der Waals surface area contributed by atoms with Crippen LogP contribution >= 0.6 is 0 Å². The van der Waals surface area contributed by atoms with Gasteiger partial charge in [-0.1, -0.05) is 26.7 Å². The summed E-state index contributed by atoms with van der Waals surface area (Å²) in [5.41, 5.74) is -0.728. The van der Waals surface area contributed by atoms with Crippen molar-refractivity contribution in [1.82, 2.24) is 0 Å². The zero-order valence-corrected chi connectivity index (χ0v) is 13.3. The van der Waals surface area contributed by atoms with E-state index < -0.39 is 11.7 Å². The van der Waals surface area contributed by atoms with Gasteiger partial charge in [-0.05, 0) is 39.0 Å². The Balaban J connectivity index is 0. The molecule has 0 aromatic carbocycles. The maximum Gasteiger partial charge on any atom is 0.0616 e. The van der Waals surface area contributed by atoms with E-state index in [1.807, 2.05) is 0 Å². The van der Waals surface area contributed by atoms with E-state index in [9.17, 15) is 0 Å². The van der Waals surface area contributed by atoms with E-state index in [2.05, 4.69) is 13.8 Å². The van der Waals surface area contributed by atoms with Crippen molar-refractivity contribution in [3.63, 3.8) is 0 Å². The van der Waals surface area contributed by atoms with Crippen LogP contribution in [-0.2, 0) is 0 Å². The second-order valence-corrected chi connectivity index (χ2v) is 6.01. The van der Waals surface area contributed by atoms with Gasteiger partial charge in [0, 0.05) is 19.6 Å². The Hall–Kier alpha value is -0.160. The van der Waals surface area contributed by atoms with Gasteiger partial charge in [0.2, 0.25) is 0 Å². The fourth-order valence-electron chi connectivity index (χ4n) is 1.93. The average Bonchev–Trinajstić information content (AvgIpc) is 2.28. The third kappa shape index (κ3) is 15.8. The third-order valence-electron chi connectivity index (χ3n) is 3.13. The quantitative estimate of drug-likeness (QED) is 0.547. The van der Waals surface area contributed by atoms with Crippen LogP contribution in [0, 0.1) is 11.8 Å². The lowest BCUT2D eigenvalue weighted by atomic mass is 9.92. The van der Waals surface area contributed by atoms with Crippen LogP contribution < -0.4 is 0 Å². The van der Waals surface area contributed by atoms with Crippen LogP contribution in [0.15, 0.2) is 0 Å². The molecule has 0 saturated carbocycles. The van der Waals surface area contributed by atoms with Gasteiger partial charge < -0.3 is 20.4 Å². The average molecular weight is 278 g/mol. The zero-order valence-electron chi connectivity index (χ0n) is 13.3. The lowest BCUT2D eigenvalue weighted by Crippen LogP contribution is -2.24. The first-order valence-corrected chi connectivity index (χ1v) is 7.32. The highest BCUT2D eigenvalue weighted by atomic mass is 16.3. The first kappa shape index (κ1) is 21.1. The molecular formula is C15H34O4. The number of hydrogen-bond acceptors (Lipinski definition) is 4. The molecule has 0 aliphatic carbocycles. The van der Waals surface area contributed by atoms with Gasteiger partial charge >= 0.3 is 0 Å². The fourth-order valence-corrected chi connectivity index (χ4v) is 1.93. The van der Waals surface area contributed by atoms with Gasteiger partial charge in [0.25, 0.3) is 0 Å². The second-order valence-electron chi connectivity index (χ2n) is 6.01. The molecule has 19 heavy (non-hydrogen) atoms. The maximum absolute atomic E-state index is 9.03. The van der Waals surface area contributed by atoms with Gasteiger partial charge in [0.1, 0.15) is 0 Å². The Bertz CT molecular complexity index is 169. The van der Waals surface area contributed by atoms with Gasteiger partial charge in [-0.2, -0.15) is 0 Å². The topological polar surface area (TPSA) is 80.9 Å². The largest absolute Gasteiger partial charge is 0.396 e. The van der Waals surface area contributed by atoms with Gasteiger partial charge in [-0.15, -0.1) is 0 Å². The van der Waals surface area contributed by atoms with Gasteiger partial charge in [-0.3, -0.25) is 0 Å². The van der Waals surface area contributed by atoms with Crippen molar-refractivity contribution in [2.45, 2.75) is 72.0 Å². The molecule has 4 heteroatoms. The molecule has 4 N–H and O–H groups in total. The van der Waals surface area contributed by atoms with Crippen molar-refractivity contribution < 1.29 is 20.4 Å². The molecule has 0 aliphatic heterocycles. The standard InChI is InChI=1S/C9H20O2.C6H14O2/c1-3-8(6-10)5-9(4-2)7-11;1-5(7)4-6(2,3)8/h8-11H,3-7H2,1-2H3;5,7-8H,4H2,1-3H3. The summed E-state index contributed by atoms with van der Waals surface area (Å²) in [7, 11) is 0. The van der Waals surface area contributed by atoms with E-state index in [1.165, 1.54) is 0 Å². The van der Waals surface area contributed by atoms with Crippen molar-refractivity contribution >= 4 is 0 Å². The van der Waals surface area contributed by atoms with Crippen LogP contribution in [0.5, 0.6) is 0 Å². The normalized spacial score (nSPS) is 16.3. The highest BCUT2D eigenvalue weighted by molar-refractivity contribution is 4.67. The van der Waals surface area contributed by atoms with Crippen LogP contribution in [-0.4, -0.2) is 45.3 Å². The molecule has 0 fully saturated rings. The molecule has 0 aromatic rings. The molecule has 0 saturated heterocycles. The Morgan fingerprint density at radius 1 is 0.947 bits per heavy atom. The van der Waals surface area contributed by atoms with E-state index in [-0.39, 0.29) is 13.2 Å². The first-order chi connectivity index (χ1) is 8.69. The number of rotatable bonds is 8. The minimum atomic E-state index is -0.728. The minimum Gasteiger partial charge on any atom is -0.396 e. The van der Waals surface area contributed by atoms with Gasteiger partial charge in [-0.25, -0.2) is 0 Å². The molecular weight excluding hydrogens is 244 g/mol. The summed E-state index contributed by atoms with van der Waals surface area (Å²) in [4.78, 5) is 0. The second kappa shape index (κ2) is 11.6. The van der Waals surface area contributed by atoms with Gasteiger partial charge in [0.15, 0.2) is 0 Å². The molecule has 0 amide bonds. The molecule has 0 aliphatic rings. The summed E-state index contributed by atoms with van der Waals surface area (Å²) in [6.07, 6.45) is 3.00. The Morgan fingerprint density at radius 2 is 1.32 bits per heavy atom. The lowest BCUT2D eigenvalue weighted by molar-refractivity contribution is 0.0249. The smallest absolute Gasteiger partial charge is 0.0616 e. The van der Waals surface area contributed by atoms with E-state index in [0.29, 0.717) is 18.3 Å². The molecule has 3 unspecified atom stereocenters.